The molecule has 1 amide bonds. The van der Waals surface area contributed by atoms with Crippen molar-refractivity contribution in [2.45, 2.75) is 39.7 Å². The molecule has 0 aliphatic heterocycles. The maximum absolute atomic E-state index is 12.1. The van der Waals surface area contributed by atoms with Crippen LogP contribution in [0.1, 0.15) is 39.5 Å². The molecule has 6 heteroatoms. The van der Waals surface area contributed by atoms with Crippen molar-refractivity contribution in [1.82, 2.24) is 5.32 Å². The normalized spacial score (nSPS) is 11.7. The van der Waals surface area contributed by atoms with Crippen molar-refractivity contribution < 1.29 is 19.1 Å². The summed E-state index contributed by atoms with van der Waals surface area (Å²) < 4.78 is 5.08. The van der Waals surface area contributed by atoms with E-state index in [1.54, 1.807) is 6.07 Å². The molecule has 2 rings (SSSR count). The summed E-state index contributed by atoms with van der Waals surface area (Å²) in [5, 5.41) is 2.64. The lowest BCUT2D eigenvalue weighted by Crippen LogP contribution is -2.43. The van der Waals surface area contributed by atoms with Crippen LogP contribution in [0, 0.1) is 6.92 Å². The Balaban J connectivity index is 1.89. The van der Waals surface area contributed by atoms with Crippen molar-refractivity contribution in [1.29, 1.82) is 0 Å². The van der Waals surface area contributed by atoms with Crippen molar-refractivity contribution in [3.8, 4) is 0 Å². The van der Waals surface area contributed by atoms with Gasteiger partial charge < -0.3 is 10.1 Å². The average molecular weight is 373 g/mol. The molecule has 1 heterocycles. The van der Waals surface area contributed by atoms with Crippen LogP contribution in [-0.2, 0) is 27.2 Å². The third-order valence-electron chi connectivity index (χ3n) is 4.05. The Hall–Kier alpha value is -2.47. The Morgan fingerprint density at radius 1 is 1.19 bits per heavy atom. The van der Waals surface area contributed by atoms with E-state index in [1.807, 2.05) is 44.2 Å². The fourth-order valence-electron chi connectivity index (χ4n) is 2.56. The molecule has 5 nitrogen and oxygen atoms in total. The van der Waals surface area contributed by atoms with E-state index in [0.717, 1.165) is 22.4 Å². The number of benzene rings is 1. The van der Waals surface area contributed by atoms with E-state index in [1.165, 1.54) is 18.3 Å². The summed E-state index contributed by atoms with van der Waals surface area (Å²) in [6.07, 6.45) is 1.25. The molecule has 1 aromatic heterocycles. The van der Waals surface area contributed by atoms with Gasteiger partial charge in [-0.2, -0.15) is 0 Å². The Morgan fingerprint density at radius 3 is 2.46 bits per heavy atom. The minimum absolute atomic E-state index is 0.144. The maximum Gasteiger partial charge on any atom is 0.348 e. The van der Waals surface area contributed by atoms with Gasteiger partial charge in [0, 0.05) is 4.88 Å². The Labute approximate surface area is 157 Å². The Morgan fingerprint density at radius 2 is 1.88 bits per heavy atom. The lowest BCUT2D eigenvalue weighted by molar-refractivity contribution is -0.128. The number of ether oxygens (including phenoxy) is 1. The quantitative estimate of drug-likeness (QED) is 0.722. The summed E-state index contributed by atoms with van der Waals surface area (Å²) >= 11 is 1.36. The van der Waals surface area contributed by atoms with Crippen LogP contribution in [0.15, 0.2) is 36.4 Å². The number of amides is 1. The van der Waals surface area contributed by atoms with E-state index < -0.39 is 24.5 Å². The van der Waals surface area contributed by atoms with Crippen molar-refractivity contribution in [3.05, 3.63) is 57.3 Å². The van der Waals surface area contributed by atoms with Crippen LogP contribution in [0.4, 0.5) is 0 Å². The summed E-state index contributed by atoms with van der Waals surface area (Å²) in [6.45, 7) is 5.00. The highest BCUT2D eigenvalue weighted by molar-refractivity contribution is 7.14. The number of carbonyl (C=O) groups is 3. The van der Waals surface area contributed by atoms with Gasteiger partial charge in [0.15, 0.2) is 12.4 Å². The van der Waals surface area contributed by atoms with Crippen LogP contribution in [0.2, 0.25) is 0 Å². The highest BCUT2D eigenvalue weighted by Crippen LogP contribution is 2.22. The SMILES string of the molecule is CCc1cc(C(=O)OCC(=O)N[C@@H](Cc2ccccc2)C(C)=O)sc1C. The predicted molar refractivity (Wildman–Crippen MR) is 101 cm³/mol. The second-order valence-electron chi connectivity index (χ2n) is 6.04. The lowest BCUT2D eigenvalue weighted by atomic mass is 10.0. The summed E-state index contributed by atoms with van der Waals surface area (Å²) in [4.78, 5) is 37.5. The summed E-state index contributed by atoms with van der Waals surface area (Å²) in [6, 6.07) is 10.6. The zero-order valence-corrected chi connectivity index (χ0v) is 16.0. The molecular formula is C20H23NO4S. The van der Waals surface area contributed by atoms with E-state index in [2.05, 4.69) is 5.32 Å². The largest absolute Gasteiger partial charge is 0.451 e. The third kappa shape index (κ3) is 5.52. The number of ketones is 1. The fourth-order valence-corrected chi connectivity index (χ4v) is 3.56. The Kier molecular flexibility index (Phi) is 7.09. The fraction of sp³-hybridized carbons (Fsp3) is 0.350. The average Bonchev–Trinajstić information content (AvgIpc) is 3.01. The highest BCUT2D eigenvalue weighted by Gasteiger charge is 2.19. The molecular weight excluding hydrogens is 350 g/mol. The van der Waals surface area contributed by atoms with Crippen LogP contribution in [0.3, 0.4) is 0 Å². The Bertz CT molecular complexity index is 782. The minimum Gasteiger partial charge on any atom is -0.451 e. The second-order valence-corrected chi connectivity index (χ2v) is 7.30. The molecule has 0 fully saturated rings. The minimum atomic E-state index is -0.640. The van der Waals surface area contributed by atoms with Crippen LogP contribution in [0.5, 0.6) is 0 Å². The molecule has 0 spiro atoms. The molecule has 1 aromatic carbocycles. The first-order chi connectivity index (χ1) is 12.4. The molecule has 138 valence electrons. The van der Waals surface area contributed by atoms with Gasteiger partial charge >= 0.3 is 5.97 Å². The molecule has 1 N–H and O–H groups in total. The molecule has 0 unspecified atom stereocenters. The third-order valence-corrected chi connectivity index (χ3v) is 5.12. The van der Waals surface area contributed by atoms with Gasteiger partial charge in [0.05, 0.1) is 6.04 Å². The van der Waals surface area contributed by atoms with E-state index in [-0.39, 0.29) is 5.78 Å². The van der Waals surface area contributed by atoms with Gasteiger partial charge in [-0.25, -0.2) is 4.79 Å². The zero-order valence-electron chi connectivity index (χ0n) is 15.2. The standard InChI is InChI=1S/C20H23NO4S/c1-4-16-11-18(26-14(16)3)20(24)25-12-19(23)21-17(13(2)22)10-15-8-6-5-7-9-15/h5-9,11,17H,4,10,12H2,1-3H3,(H,21,23)/t17-/m0/s1. The summed E-state index contributed by atoms with van der Waals surface area (Å²) in [7, 11) is 0. The molecule has 0 bridgehead atoms. The van der Waals surface area contributed by atoms with Gasteiger partial charge in [-0.1, -0.05) is 37.3 Å². The van der Waals surface area contributed by atoms with Crippen LogP contribution in [-0.4, -0.2) is 30.3 Å². The molecule has 0 saturated carbocycles. The number of hydrogen-bond donors (Lipinski definition) is 1. The highest BCUT2D eigenvalue weighted by atomic mass is 32.1. The van der Waals surface area contributed by atoms with Crippen LogP contribution < -0.4 is 5.32 Å². The van der Waals surface area contributed by atoms with Gasteiger partial charge in [-0.15, -0.1) is 11.3 Å². The molecule has 0 aliphatic rings. The van der Waals surface area contributed by atoms with Crippen molar-refractivity contribution in [2.75, 3.05) is 6.61 Å². The first-order valence-electron chi connectivity index (χ1n) is 8.50. The molecule has 1 atom stereocenters. The number of thiophene rings is 1. The van der Waals surface area contributed by atoms with Crippen LogP contribution in [0.25, 0.3) is 0 Å². The monoisotopic (exact) mass is 373 g/mol. The second kappa shape index (κ2) is 9.29. The van der Waals surface area contributed by atoms with E-state index in [9.17, 15) is 14.4 Å². The van der Waals surface area contributed by atoms with Gasteiger partial charge in [0.1, 0.15) is 4.88 Å². The van der Waals surface area contributed by atoms with Gasteiger partial charge in [-0.3, -0.25) is 9.59 Å². The molecule has 2 aromatic rings. The summed E-state index contributed by atoms with van der Waals surface area (Å²) in [5.41, 5.74) is 2.05. The topological polar surface area (TPSA) is 72.5 Å². The van der Waals surface area contributed by atoms with Crippen molar-refractivity contribution >= 4 is 29.0 Å². The molecule has 26 heavy (non-hydrogen) atoms. The number of rotatable bonds is 8. The number of nitrogens with one attached hydrogen (secondary N) is 1. The number of Topliss-reactive ketones (excluding diaryl/α,β-unsaturated/α-hetero) is 1. The first kappa shape index (κ1) is 19.8. The van der Waals surface area contributed by atoms with Gasteiger partial charge in [0.25, 0.3) is 5.91 Å². The smallest absolute Gasteiger partial charge is 0.348 e. The number of hydrogen-bond acceptors (Lipinski definition) is 5. The predicted octanol–water partition coefficient (Wildman–Crippen LogP) is 3.09. The number of aryl methyl sites for hydroxylation is 2. The van der Waals surface area contributed by atoms with E-state index >= 15 is 0 Å². The molecule has 0 aliphatic carbocycles. The number of esters is 1. The van der Waals surface area contributed by atoms with E-state index in [4.69, 9.17) is 4.74 Å². The molecule has 0 radical (unpaired) electrons. The van der Waals surface area contributed by atoms with Gasteiger partial charge in [-0.05, 0) is 43.9 Å². The maximum atomic E-state index is 12.1. The van der Waals surface area contributed by atoms with Crippen molar-refractivity contribution in [3.63, 3.8) is 0 Å². The van der Waals surface area contributed by atoms with Gasteiger partial charge in [0.2, 0.25) is 0 Å². The van der Waals surface area contributed by atoms with E-state index in [0.29, 0.717) is 11.3 Å². The number of carbonyl (C=O) groups excluding carboxylic acids is 3. The van der Waals surface area contributed by atoms with Crippen molar-refractivity contribution in [2.24, 2.45) is 0 Å². The first-order valence-corrected chi connectivity index (χ1v) is 9.32. The zero-order chi connectivity index (χ0) is 19.1. The lowest BCUT2D eigenvalue weighted by Gasteiger charge is -2.16. The van der Waals surface area contributed by atoms with Crippen LogP contribution >= 0.6 is 11.3 Å². The summed E-state index contributed by atoms with van der Waals surface area (Å²) in [5.74, 6) is -1.15. The molecule has 0 saturated heterocycles.